The molecule has 2 aromatic heterocycles. The van der Waals surface area contributed by atoms with E-state index in [9.17, 15) is 52.7 Å². The number of thiocarbonyl (C=S) groups is 1. The van der Waals surface area contributed by atoms with Gasteiger partial charge in [-0.25, -0.2) is 9.97 Å². The van der Waals surface area contributed by atoms with E-state index in [1.807, 2.05) is 41.5 Å². The number of hydrogen-bond acceptors (Lipinski definition) is 23. The van der Waals surface area contributed by atoms with Gasteiger partial charge in [0, 0.05) is 39.8 Å². The smallest absolute Gasteiger partial charge is 0.309 e. The number of hydrogen-bond donors (Lipinski definition) is 4. The third-order valence-electron chi connectivity index (χ3n) is 17.5. The Kier molecular flexibility index (Phi) is 28.7. The van der Waals surface area contributed by atoms with Gasteiger partial charge in [0.05, 0.1) is 120 Å². The molecule has 1 amide bonds. The first-order chi connectivity index (χ1) is 43.1. The number of methoxy groups -OCH3 is 5. The Morgan fingerprint density at radius 2 is 0.783 bits per heavy atom. The molecule has 28 heteroatoms. The molecular formula is C64H91BrN4O20S3. The number of rotatable bonds is 13. The fourth-order valence-corrected chi connectivity index (χ4v) is 15.0. The van der Waals surface area contributed by atoms with Crippen LogP contribution < -0.4 is 11.5 Å². The van der Waals surface area contributed by atoms with E-state index in [-0.39, 0.29) is 123 Å². The maximum atomic E-state index is 12.3. The van der Waals surface area contributed by atoms with E-state index in [1.165, 1.54) is 40.4 Å². The second-order valence-corrected chi connectivity index (χ2v) is 30.4. The number of esters is 7. The summed E-state index contributed by atoms with van der Waals surface area (Å²) >= 11 is 11.4. The second kappa shape index (κ2) is 34.4. The first-order valence-corrected chi connectivity index (χ1v) is 34.1. The van der Waals surface area contributed by atoms with Crippen LogP contribution in [0.5, 0.6) is 0 Å². The Hall–Kier alpha value is -6.00. The molecular weight excluding hydrogens is 1320 g/mol. The molecule has 24 nitrogen and oxygen atoms in total. The predicted molar refractivity (Wildman–Crippen MR) is 343 cm³/mol. The number of aryl methyl sites for hydroxylation is 2. The summed E-state index contributed by atoms with van der Waals surface area (Å²) in [5.74, 6) is -2.98. The fraction of sp³-hybridized carbons (Fsp3) is 0.719. The molecule has 6 N–H and O–H groups in total. The van der Waals surface area contributed by atoms with Gasteiger partial charge in [0.25, 0.3) is 0 Å². The molecule has 8 aliphatic carbocycles. The van der Waals surface area contributed by atoms with Crippen molar-refractivity contribution >= 4 is 121 Å². The zero-order chi connectivity index (χ0) is 68.7. The molecule has 0 bridgehead atoms. The zero-order valence-electron chi connectivity index (χ0n) is 54.4. The number of ketones is 1. The van der Waals surface area contributed by atoms with E-state index in [0.29, 0.717) is 74.6 Å². The van der Waals surface area contributed by atoms with Crippen LogP contribution in [0.3, 0.4) is 0 Å². The number of fused-ring (bicyclic) bond motifs is 2. The van der Waals surface area contributed by atoms with Crippen molar-refractivity contribution in [2.45, 2.75) is 191 Å². The number of thiazole rings is 2. The highest BCUT2D eigenvalue weighted by Gasteiger charge is 2.43. The molecule has 512 valence electrons. The Labute approximate surface area is 558 Å². The van der Waals surface area contributed by atoms with Gasteiger partial charge in [-0.3, -0.25) is 52.7 Å². The van der Waals surface area contributed by atoms with Gasteiger partial charge in [-0.05, 0) is 157 Å². The van der Waals surface area contributed by atoms with Gasteiger partial charge in [-0.1, -0.05) is 28.1 Å². The first-order valence-electron chi connectivity index (χ1n) is 31.1. The quantitative estimate of drug-likeness (QED) is 0.0636. The lowest BCUT2D eigenvalue weighted by Gasteiger charge is -2.31. The number of carbonyl (C=O) groups excluding carboxylic acids is 9. The van der Waals surface area contributed by atoms with Crippen LogP contribution in [0.4, 0.5) is 0 Å². The Morgan fingerprint density at radius 3 is 1.12 bits per heavy atom. The molecule has 6 saturated carbocycles. The van der Waals surface area contributed by atoms with Gasteiger partial charge in [0.1, 0.15) is 17.0 Å². The van der Waals surface area contributed by atoms with Crippen LogP contribution in [-0.2, 0) is 112 Å². The number of carboxylic acids is 2. The van der Waals surface area contributed by atoms with Gasteiger partial charge in [0.2, 0.25) is 5.91 Å². The van der Waals surface area contributed by atoms with Crippen LogP contribution in [0, 0.1) is 65.1 Å². The summed E-state index contributed by atoms with van der Waals surface area (Å²) < 4.78 is 33.8. The Balaban J connectivity index is 0.000000206. The summed E-state index contributed by atoms with van der Waals surface area (Å²) in [4.78, 5) is 134. The van der Waals surface area contributed by atoms with Crippen molar-refractivity contribution < 1.29 is 96.1 Å². The molecule has 10 rings (SSSR count). The Bertz CT molecular complexity index is 2880. The van der Waals surface area contributed by atoms with Crippen LogP contribution in [0.25, 0.3) is 0 Å². The van der Waals surface area contributed by atoms with E-state index >= 15 is 0 Å². The average Bonchev–Trinajstić information content (AvgIpc) is 1.64. The van der Waals surface area contributed by atoms with E-state index in [1.54, 1.807) is 22.7 Å². The van der Waals surface area contributed by atoms with Crippen molar-refractivity contribution in [3.05, 3.63) is 31.2 Å². The number of nitrogens with zero attached hydrogens (tertiary/aromatic N) is 2. The third kappa shape index (κ3) is 22.3. The van der Waals surface area contributed by atoms with Crippen LogP contribution in [0.2, 0.25) is 0 Å². The number of halogens is 1. The number of aromatic nitrogens is 2. The monoisotopic (exact) mass is 1410 g/mol. The molecule has 0 aliphatic heterocycles. The molecule has 0 radical (unpaired) electrons. The summed E-state index contributed by atoms with van der Waals surface area (Å²) in [6, 6.07) is 0. The summed E-state index contributed by atoms with van der Waals surface area (Å²) in [5.41, 5.74) is 11.7. The highest BCUT2D eigenvalue weighted by molar-refractivity contribution is 9.10. The standard InChI is InChI=1S/C18H25NO4S.C14H17NO4S.C11H17BrO3.C7H11NO3.C7H11NO2S.C7H10O4/c1-18(2,3)23-17(21)10-5-6-13-14(9-10)24-15(19-13)11-7-12(8-11)16(20)22-4;1-19-14(18)9-4-8(5-9)12-15-10-3-2-7(13(16)17)6-11(10)20-12;1-11(2,3)15-10(14)7-4-5-9(13)8(12)6-7;1-11-7(10)5-2-4(3-5)6(8)9;1-10-7(9)5-2-4(3-5)6(8)11;1-11-7(10)5-2-4(3-5)6(8)9/h10-12H,5-9H2,1-4H3;7-9H,2-6H2,1H3,(H,16,17);7-8H,4-6H2,1-3H3;4-5H,2-3H2,1H3,(H2,8,9);4-5H,2-3H2,1H3,(H2,8,11);4-5H,2-3H2,1H3,(H,8,9). The first kappa shape index (κ1) is 76.7. The lowest BCUT2D eigenvalue weighted by molar-refractivity contribution is -0.162. The molecule has 2 heterocycles. The molecule has 92 heavy (non-hydrogen) atoms. The van der Waals surface area contributed by atoms with Crippen LogP contribution in [-0.4, -0.2) is 142 Å². The number of alkyl halides is 1. The highest BCUT2D eigenvalue weighted by atomic mass is 79.9. The van der Waals surface area contributed by atoms with Crippen LogP contribution >= 0.6 is 50.8 Å². The summed E-state index contributed by atoms with van der Waals surface area (Å²) in [6.07, 6.45) is 12.9. The van der Waals surface area contributed by atoms with Gasteiger partial charge in [-0.15, -0.1) is 22.7 Å². The van der Waals surface area contributed by atoms with Gasteiger partial charge in [-0.2, -0.15) is 0 Å². The number of carbonyl (C=O) groups is 11. The van der Waals surface area contributed by atoms with Gasteiger partial charge < -0.3 is 54.8 Å². The van der Waals surface area contributed by atoms with Crippen molar-refractivity contribution in [1.82, 2.24) is 9.97 Å². The average molecular weight is 1410 g/mol. The lowest BCUT2D eigenvalue weighted by atomic mass is 9.74. The maximum absolute atomic E-state index is 12.3. The van der Waals surface area contributed by atoms with Crippen LogP contribution in [0.1, 0.15) is 181 Å². The maximum Gasteiger partial charge on any atom is 0.309 e. The Morgan fingerprint density at radius 1 is 0.457 bits per heavy atom. The predicted octanol–water partition coefficient (Wildman–Crippen LogP) is 8.13. The minimum absolute atomic E-state index is 0.0118. The molecule has 0 aromatic carbocycles. The molecule has 0 saturated heterocycles. The molecule has 0 spiro atoms. The van der Waals surface area contributed by atoms with Crippen molar-refractivity contribution in [3.8, 4) is 0 Å². The van der Waals surface area contributed by atoms with Crippen LogP contribution in [0.15, 0.2) is 0 Å². The van der Waals surface area contributed by atoms with Crippen molar-refractivity contribution in [2.75, 3.05) is 35.5 Å². The number of primary amides is 1. The molecule has 2 aromatic rings. The lowest BCUT2D eigenvalue weighted by Crippen LogP contribution is -2.39. The largest absolute Gasteiger partial charge is 0.481 e. The molecule has 4 unspecified atom stereocenters. The molecule has 8 aliphatic rings. The SMILES string of the molecule is CC(C)(C)OC(=O)C1CCC(=O)C(Br)C1.COC(=O)C1CC(C(=O)O)C1.COC(=O)C1CC(C(N)=O)C1.COC(=O)C1CC(C(N)=S)C1.COC(=O)C1CC(c2nc3c(s2)CC(C(=O)O)CC3)C1.COC(=O)C1CC(c2nc3c(s2)CC(C(=O)OC(C)(C)C)CC3)C1. The van der Waals surface area contributed by atoms with E-state index in [2.05, 4.69) is 35.1 Å². The summed E-state index contributed by atoms with van der Waals surface area (Å²) in [6.45, 7) is 11.3. The zero-order valence-corrected chi connectivity index (χ0v) is 58.4. The number of amides is 1. The van der Waals surface area contributed by atoms with Gasteiger partial charge in [0.15, 0.2) is 0 Å². The van der Waals surface area contributed by atoms with Gasteiger partial charge >= 0.3 is 53.7 Å². The fourth-order valence-electron chi connectivity index (χ4n) is 11.5. The normalized spacial score (nSPS) is 27.8. The van der Waals surface area contributed by atoms with E-state index in [4.69, 9.17) is 57.8 Å². The van der Waals surface area contributed by atoms with E-state index < -0.39 is 23.1 Å². The number of ether oxygens (including phenoxy) is 7. The highest BCUT2D eigenvalue weighted by Crippen LogP contribution is 2.47. The van der Waals surface area contributed by atoms with E-state index in [0.717, 1.165) is 90.5 Å². The van der Waals surface area contributed by atoms with Crippen molar-refractivity contribution in [2.24, 2.45) is 76.6 Å². The van der Waals surface area contributed by atoms with Crippen molar-refractivity contribution in [1.29, 1.82) is 0 Å². The number of nitrogens with two attached hydrogens (primary N) is 2. The van der Waals surface area contributed by atoms with Crippen molar-refractivity contribution in [3.63, 3.8) is 0 Å². The molecule has 4 atom stereocenters. The number of Topliss-reactive ketones (excluding diaryl/α,β-unsaturated/α-hetero) is 1. The third-order valence-corrected chi connectivity index (χ3v) is 21.3. The number of aliphatic carboxylic acids is 2. The molecule has 6 fully saturated rings. The minimum Gasteiger partial charge on any atom is -0.481 e. The minimum atomic E-state index is -0.815. The number of carboxylic acid groups (broad SMARTS) is 2. The summed E-state index contributed by atoms with van der Waals surface area (Å²) in [5, 5.41) is 19.7. The second-order valence-electron chi connectivity index (χ2n) is 26.6. The topological polar surface area (TPSA) is 371 Å². The summed E-state index contributed by atoms with van der Waals surface area (Å²) in [7, 11) is 6.92.